The Labute approximate surface area is 151 Å². The van der Waals surface area contributed by atoms with Crippen LogP contribution in [0.25, 0.3) is 0 Å². The third-order valence-corrected chi connectivity index (χ3v) is 3.83. The summed E-state index contributed by atoms with van der Waals surface area (Å²) in [6, 6.07) is 3.83. The molecule has 1 saturated heterocycles. The molecule has 1 aliphatic rings. The average molecular weight is 355 g/mol. The summed E-state index contributed by atoms with van der Waals surface area (Å²) in [5.74, 6) is 1.14. The molecule has 136 valence electrons. The lowest BCUT2D eigenvalue weighted by Gasteiger charge is -2.24. The van der Waals surface area contributed by atoms with Crippen molar-refractivity contribution < 1.29 is 9.47 Å². The van der Waals surface area contributed by atoms with E-state index < -0.39 is 0 Å². The van der Waals surface area contributed by atoms with Crippen LogP contribution in [0.15, 0.2) is 24.7 Å². The number of hydrogen-bond acceptors (Lipinski definition) is 9. The van der Waals surface area contributed by atoms with Gasteiger partial charge in [-0.2, -0.15) is 5.26 Å². The molecular formula is C17H21N7O2. The second-order valence-electron chi connectivity index (χ2n) is 5.76. The Kier molecular flexibility index (Phi) is 6.27. The van der Waals surface area contributed by atoms with Crippen LogP contribution in [0, 0.1) is 11.3 Å². The van der Waals surface area contributed by atoms with Crippen LogP contribution >= 0.6 is 0 Å². The predicted molar refractivity (Wildman–Crippen MR) is 96.1 cm³/mol. The molecule has 1 aliphatic heterocycles. The topological polar surface area (TPSA) is 117 Å². The molecule has 0 bridgehead atoms. The Balaban J connectivity index is 1.70. The van der Waals surface area contributed by atoms with Crippen molar-refractivity contribution in [2.45, 2.75) is 12.7 Å². The lowest BCUT2D eigenvalue weighted by atomic mass is 10.2. The van der Waals surface area contributed by atoms with Gasteiger partial charge in [0.25, 0.3) is 0 Å². The minimum absolute atomic E-state index is 0.119. The molecule has 3 rings (SSSR count). The van der Waals surface area contributed by atoms with E-state index >= 15 is 0 Å². The third-order valence-electron chi connectivity index (χ3n) is 3.83. The Bertz CT molecular complexity index is 755. The summed E-state index contributed by atoms with van der Waals surface area (Å²) in [7, 11) is 1.65. The Hall–Kier alpha value is -2.80. The summed E-state index contributed by atoms with van der Waals surface area (Å²) in [6.07, 6.45) is 4.78. The summed E-state index contributed by atoms with van der Waals surface area (Å²) in [5, 5.41) is 18.6. The van der Waals surface area contributed by atoms with Crippen molar-refractivity contribution in [1.82, 2.24) is 20.3 Å². The van der Waals surface area contributed by atoms with Gasteiger partial charge in [0.15, 0.2) is 5.69 Å². The Morgan fingerprint density at radius 2 is 2.19 bits per heavy atom. The van der Waals surface area contributed by atoms with Crippen molar-refractivity contribution in [2.24, 2.45) is 0 Å². The fourth-order valence-corrected chi connectivity index (χ4v) is 2.54. The zero-order valence-electron chi connectivity index (χ0n) is 14.5. The van der Waals surface area contributed by atoms with E-state index in [9.17, 15) is 0 Å². The average Bonchev–Trinajstić information content (AvgIpc) is 2.69. The van der Waals surface area contributed by atoms with Crippen LogP contribution < -0.4 is 16.0 Å². The SMILES string of the molecule is COCc1cnc(Nc2cnc(C#N)cn2)cc1NCC1CNCCO1. The molecule has 3 N–H and O–H groups in total. The predicted octanol–water partition coefficient (Wildman–Crippen LogP) is 1.03. The monoisotopic (exact) mass is 355 g/mol. The van der Waals surface area contributed by atoms with Crippen molar-refractivity contribution in [3.63, 3.8) is 0 Å². The molecule has 0 aliphatic carbocycles. The minimum atomic E-state index is 0.119. The van der Waals surface area contributed by atoms with Gasteiger partial charge in [-0.05, 0) is 0 Å². The van der Waals surface area contributed by atoms with Crippen molar-refractivity contribution in [3.8, 4) is 6.07 Å². The number of methoxy groups -OCH3 is 1. The number of rotatable bonds is 7. The van der Waals surface area contributed by atoms with Gasteiger partial charge in [-0.1, -0.05) is 0 Å². The van der Waals surface area contributed by atoms with Crippen molar-refractivity contribution in [2.75, 3.05) is 44.0 Å². The van der Waals surface area contributed by atoms with Gasteiger partial charge in [0.2, 0.25) is 0 Å². The first-order valence-electron chi connectivity index (χ1n) is 8.31. The quantitative estimate of drug-likeness (QED) is 0.669. The van der Waals surface area contributed by atoms with Crippen LogP contribution in [-0.4, -0.2) is 54.4 Å². The van der Waals surface area contributed by atoms with Gasteiger partial charge in [-0.25, -0.2) is 15.0 Å². The molecule has 2 aromatic heterocycles. The van der Waals surface area contributed by atoms with Crippen molar-refractivity contribution in [3.05, 3.63) is 35.9 Å². The third kappa shape index (κ3) is 4.86. The zero-order valence-corrected chi connectivity index (χ0v) is 14.5. The summed E-state index contributed by atoms with van der Waals surface area (Å²) in [5.41, 5.74) is 2.13. The highest BCUT2D eigenvalue weighted by Crippen LogP contribution is 2.21. The van der Waals surface area contributed by atoms with Gasteiger partial charge in [-0.15, -0.1) is 0 Å². The maximum Gasteiger partial charge on any atom is 0.158 e. The van der Waals surface area contributed by atoms with E-state index in [-0.39, 0.29) is 11.8 Å². The molecule has 0 saturated carbocycles. The van der Waals surface area contributed by atoms with Gasteiger partial charge in [0.05, 0.1) is 31.7 Å². The first-order valence-corrected chi connectivity index (χ1v) is 8.31. The standard InChI is InChI=1S/C17H21N7O2/c1-25-11-12-6-22-16(24-17-10-20-13(5-18)7-23-17)4-15(12)21-9-14-8-19-2-3-26-14/h4,6-7,10,14,19H,2-3,8-9,11H2,1H3,(H2,21,22,23,24). The fourth-order valence-electron chi connectivity index (χ4n) is 2.54. The van der Waals surface area contributed by atoms with E-state index in [1.165, 1.54) is 12.4 Å². The van der Waals surface area contributed by atoms with E-state index in [0.717, 1.165) is 30.9 Å². The van der Waals surface area contributed by atoms with E-state index in [1.807, 2.05) is 12.1 Å². The first kappa shape index (κ1) is 18.0. The maximum atomic E-state index is 8.78. The molecule has 26 heavy (non-hydrogen) atoms. The van der Waals surface area contributed by atoms with Gasteiger partial charge < -0.3 is 25.4 Å². The van der Waals surface area contributed by atoms with Gasteiger partial charge >= 0.3 is 0 Å². The molecule has 1 fully saturated rings. The van der Waals surface area contributed by atoms with E-state index in [0.29, 0.717) is 24.8 Å². The molecule has 9 nitrogen and oxygen atoms in total. The number of morpholine rings is 1. The summed E-state index contributed by atoms with van der Waals surface area (Å²) in [6.45, 7) is 3.57. The molecule has 0 aromatic carbocycles. The molecule has 9 heteroatoms. The number of aromatic nitrogens is 3. The molecule has 1 atom stereocenters. The number of nitrogens with one attached hydrogen (secondary N) is 3. The highest BCUT2D eigenvalue weighted by molar-refractivity contribution is 5.61. The number of hydrogen-bond donors (Lipinski definition) is 3. The maximum absolute atomic E-state index is 8.78. The van der Waals surface area contributed by atoms with Gasteiger partial charge in [0, 0.05) is 50.3 Å². The number of pyridine rings is 1. The lowest BCUT2D eigenvalue weighted by molar-refractivity contribution is 0.0372. The second kappa shape index (κ2) is 9.05. The minimum Gasteiger partial charge on any atom is -0.382 e. The molecule has 0 spiro atoms. The molecule has 2 aromatic rings. The van der Waals surface area contributed by atoms with Gasteiger partial charge in [-0.3, -0.25) is 0 Å². The Morgan fingerprint density at radius 1 is 1.31 bits per heavy atom. The van der Waals surface area contributed by atoms with E-state index in [1.54, 1.807) is 13.3 Å². The zero-order chi connectivity index (χ0) is 18.2. The lowest BCUT2D eigenvalue weighted by Crippen LogP contribution is -2.42. The van der Waals surface area contributed by atoms with Crippen LogP contribution in [0.5, 0.6) is 0 Å². The molecule has 0 amide bonds. The second-order valence-corrected chi connectivity index (χ2v) is 5.76. The van der Waals surface area contributed by atoms with E-state index in [4.69, 9.17) is 14.7 Å². The fraction of sp³-hybridized carbons (Fsp3) is 0.412. The smallest absolute Gasteiger partial charge is 0.158 e. The first-order chi connectivity index (χ1) is 12.8. The molecule has 1 unspecified atom stereocenters. The number of anilines is 3. The molecule has 0 radical (unpaired) electrons. The molecule has 3 heterocycles. The summed E-state index contributed by atoms with van der Waals surface area (Å²) >= 11 is 0. The van der Waals surface area contributed by atoms with Crippen molar-refractivity contribution in [1.29, 1.82) is 5.26 Å². The largest absolute Gasteiger partial charge is 0.382 e. The number of nitriles is 1. The number of nitrogens with zero attached hydrogens (tertiary/aromatic N) is 4. The van der Waals surface area contributed by atoms with Crippen LogP contribution in [-0.2, 0) is 16.1 Å². The molecular weight excluding hydrogens is 334 g/mol. The van der Waals surface area contributed by atoms with Crippen LogP contribution in [0.4, 0.5) is 17.3 Å². The van der Waals surface area contributed by atoms with Crippen LogP contribution in [0.1, 0.15) is 11.3 Å². The summed E-state index contributed by atoms with van der Waals surface area (Å²) < 4.78 is 11.0. The number of ether oxygens (including phenoxy) is 2. The van der Waals surface area contributed by atoms with Gasteiger partial charge in [0.1, 0.15) is 17.7 Å². The van der Waals surface area contributed by atoms with Crippen molar-refractivity contribution >= 4 is 17.3 Å². The summed E-state index contributed by atoms with van der Waals surface area (Å²) in [4.78, 5) is 12.5. The normalized spacial score (nSPS) is 16.7. The van der Waals surface area contributed by atoms with Crippen LogP contribution in [0.3, 0.4) is 0 Å². The van der Waals surface area contributed by atoms with E-state index in [2.05, 4.69) is 30.9 Å². The highest BCUT2D eigenvalue weighted by atomic mass is 16.5. The Morgan fingerprint density at radius 3 is 2.88 bits per heavy atom. The van der Waals surface area contributed by atoms with Crippen LogP contribution in [0.2, 0.25) is 0 Å². The highest BCUT2D eigenvalue weighted by Gasteiger charge is 2.14.